The van der Waals surface area contributed by atoms with E-state index >= 15 is 0 Å². The van der Waals surface area contributed by atoms with Crippen LogP contribution < -0.4 is 4.72 Å². The Morgan fingerprint density at radius 2 is 1.79 bits per heavy atom. The lowest BCUT2D eigenvalue weighted by Gasteiger charge is -2.27. The number of anilines is 1. The molecule has 8 nitrogen and oxygen atoms in total. The number of rotatable bonds is 5. The van der Waals surface area contributed by atoms with Crippen molar-refractivity contribution < 1.29 is 18.1 Å². The van der Waals surface area contributed by atoms with Crippen LogP contribution in [0.5, 0.6) is 0 Å². The Kier molecular flexibility index (Phi) is 5.85. The Balaban J connectivity index is 1.99. The van der Waals surface area contributed by atoms with Crippen molar-refractivity contribution in [2.45, 2.75) is 24.2 Å². The second-order valence-electron chi connectivity index (χ2n) is 6.37. The molecule has 1 aliphatic heterocycles. The molecule has 0 radical (unpaired) electrons. The summed E-state index contributed by atoms with van der Waals surface area (Å²) in [6.45, 7) is 1.19. The van der Waals surface area contributed by atoms with Gasteiger partial charge in [-0.2, -0.15) is 0 Å². The van der Waals surface area contributed by atoms with E-state index in [2.05, 4.69) is 4.72 Å². The molecule has 148 valence electrons. The molecule has 1 fully saturated rings. The van der Waals surface area contributed by atoms with Crippen molar-refractivity contribution in [1.29, 1.82) is 0 Å². The summed E-state index contributed by atoms with van der Waals surface area (Å²) in [6, 6.07) is 9.29. The number of carbonyl (C=O) groups is 1. The number of para-hydroxylation sites is 1. The maximum absolute atomic E-state index is 12.9. The van der Waals surface area contributed by atoms with Crippen LogP contribution in [0.15, 0.2) is 47.4 Å². The summed E-state index contributed by atoms with van der Waals surface area (Å²) < 4.78 is 27.9. The van der Waals surface area contributed by atoms with Crippen LogP contribution in [-0.2, 0) is 10.0 Å². The third-order valence-electron chi connectivity index (χ3n) is 4.45. The van der Waals surface area contributed by atoms with Crippen LogP contribution in [0.4, 0.5) is 11.4 Å². The number of carbonyl (C=O) groups excluding carboxylic acids is 1. The molecule has 0 unspecified atom stereocenters. The standard InChI is InChI=1S/C18H18ClN3O5S/c19-13-8-9-14(18(23)21-10-4-1-5-11-21)15(12-13)20-28(26,27)17-7-3-2-6-16(17)22(24)25/h2-3,6-9,12,20H,1,4-5,10-11H2. The number of hydrogen-bond donors (Lipinski definition) is 1. The van der Waals surface area contributed by atoms with Crippen LogP contribution in [0.25, 0.3) is 0 Å². The van der Waals surface area contributed by atoms with Gasteiger partial charge in [0.25, 0.3) is 21.6 Å². The monoisotopic (exact) mass is 423 g/mol. The number of nitrogens with zero attached hydrogens (tertiary/aromatic N) is 2. The van der Waals surface area contributed by atoms with E-state index in [4.69, 9.17) is 11.6 Å². The van der Waals surface area contributed by atoms with Crippen molar-refractivity contribution in [3.8, 4) is 0 Å². The zero-order chi connectivity index (χ0) is 20.3. The molecular formula is C18H18ClN3O5S. The highest BCUT2D eigenvalue weighted by Crippen LogP contribution is 2.29. The van der Waals surface area contributed by atoms with Gasteiger partial charge in [-0.05, 0) is 43.5 Å². The van der Waals surface area contributed by atoms with Gasteiger partial charge < -0.3 is 4.90 Å². The Hall–Kier alpha value is -2.65. The van der Waals surface area contributed by atoms with Crippen molar-refractivity contribution in [2.24, 2.45) is 0 Å². The van der Waals surface area contributed by atoms with Crippen LogP contribution in [0, 0.1) is 10.1 Å². The number of amides is 1. The summed E-state index contributed by atoms with van der Waals surface area (Å²) in [7, 11) is -4.31. The van der Waals surface area contributed by atoms with Gasteiger partial charge in [0.15, 0.2) is 4.90 Å². The molecule has 1 amide bonds. The minimum atomic E-state index is -4.31. The van der Waals surface area contributed by atoms with Gasteiger partial charge >= 0.3 is 0 Å². The Morgan fingerprint density at radius 1 is 1.11 bits per heavy atom. The second-order valence-corrected chi connectivity index (χ2v) is 8.46. The first-order valence-electron chi connectivity index (χ1n) is 8.64. The lowest BCUT2D eigenvalue weighted by Crippen LogP contribution is -2.36. The lowest BCUT2D eigenvalue weighted by molar-refractivity contribution is -0.387. The van der Waals surface area contributed by atoms with Crippen molar-refractivity contribution in [1.82, 2.24) is 4.90 Å². The number of piperidine rings is 1. The van der Waals surface area contributed by atoms with Gasteiger partial charge in [-0.3, -0.25) is 19.6 Å². The second kappa shape index (κ2) is 8.15. The third kappa shape index (κ3) is 4.26. The predicted molar refractivity (Wildman–Crippen MR) is 105 cm³/mol. The SMILES string of the molecule is O=C(c1ccc(Cl)cc1NS(=O)(=O)c1ccccc1[N+](=O)[O-])N1CCCCC1. The average Bonchev–Trinajstić information content (AvgIpc) is 2.68. The summed E-state index contributed by atoms with van der Waals surface area (Å²) in [4.78, 5) is 24.5. The van der Waals surface area contributed by atoms with E-state index in [0.29, 0.717) is 13.1 Å². The van der Waals surface area contributed by atoms with Gasteiger partial charge in [-0.25, -0.2) is 8.42 Å². The first-order valence-corrected chi connectivity index (χ1v) is 10.5. The Bertz CT molecular complexity index is 1020. The van der Waals surface area contributed by atoms with E-state index in [9.17, 15) is 23.3 Å². The number of halogens is 1. The molecule has 0 aromatic heterocycles. The zero-order valence-corrected chi connectivity index (χ0v) is 16.4. The number of likely N-dealkylation sites (tertiary alicyclic amines) is 1. The molecule has 0 atom stereocenters. The summed E-state index contributed by atoms with van der Waals surface area (Å²) in [5.74, 6) is -0.309. The van der Waals surface area contributed by atoms with E-state index in [1.54, 1.807) is 4.90 Å². The summed E-state index contributed by atoms with van der Waals surface area (Å²) in [5.41, 5.74) is -0.421. The molecule has 0 aliphatic carbocycles. The molecule has 28 heavy (non-hydrogen) atoms. The molecule has 1 aliphatic rings. The molecule has 1 heterocycles. The molecule has 1 saturated heterocycles. The van der Waals surface area contributed by atoms with Crippen molar-refractivity contribution in [3.05, 3.63) is 63.2 Å². The van der Waals surface area contributed by atoms with E-state index in [1.165, 1.54) is 30.3 Å². The highest BCUT2D eigenvalue weighted by Gasteiger charge is 2.28. The van der Waals surface area contributed by atoms with E-state index in [0.717, 1.165) is 31.4 Å². The van der Waals surface area contributed by atoms with Gasteiger partial charge in [0, 0.05) is 24.2 Å². The van der Waals surface area contributed by atoms with Gasteiger partial charge in [-0.15, -0.1) is 0 Å². The highest BCUT2D eigenvalue weighted by atomic mass is 35.5. The predicted octanol–water partition coefficient (Wildman–Crippen LogP) is 3.68. The van der Waals surface area contributed by atoms with Crippen molar-refractivity contribution in [2.75, 3.05) is 17.8 Å². The van der Waals surface area contributed by atoms with Crippen LogP contribution in [0.2, 0.25) is 5.02 Å². The van der Waals surface area contributed by atoms with E-state index in [1.807, 2.05) is 0 Å². The van der Waals surface area contributed by atoms with Crippen LogP contribution in [0.1, 0.15) is 29.6 Å². The van der Waals surface area contributed by atoms with Gasteiger partial charge in [0.2, 0.25) is 0 Å². The fourth-order valence-corrected chi connectivity index (χ4v) is 4.51. The number of benzene rings is 2. The van der Waals surface area contributed by atoms with Gasteiger partial charge in [0.1, 0.15) is 0 Å². The van der Waals surface area contributed by atoms with Crippen molar-refractivity contribution in [3.63, 3.8) is 0 Å². The lowest BCUT2D eigenvalue weighted by atomic mass is 10.1. The third-order valence-corrected chi connectivity index (χ3v) is 6.10. The molecule has 2 aromatic carbocycles. The maximum Gasteiger partial charge on any atom is 0.289 e. The van der Waals surface area contributed by atoms with Gasteiger partial charge in [0.05, 0.1) is 16.2 Å². The van der Waals surface area contributed by atoms with Crippen molar-refractivity contribution >= 4 is 38.9 Å². The number of nitrogens with one attached hydrogen (secondary N) is 1. The maximum atomic E-state index is 12.9. The summed E-state index contributed by atoms with van der Waals surface area (Å²) in [6.07, 6.45) is 2.81. The minimum Gasteiger partial charge on any atom is -0.339 e. The van der Waals surface area contributed by atoms with Crippen LogP contribution in [-0.4, -0.2) is 37.2 Å². The molecule has 3 rings (SSSR count). The first-order chi connectivity index (χ1) is 13.3. The smallest absolute Gasteiger partial charge is 0.289 e. The Morgan fingerprint density at radius 3 is 2.46 bits per heavy atom. The quantitative estimate of drug-likeness (QED) is 0.582. The van der Waals surface area contributed by atoms with E-state index < -0.39 is 25.5 Å². The number of hydrogen-bond acceptors (Lipinski definition) is 5. The molecule has 0 saturated carbocycles. The number of nitro groups is 1. The molecule has 10 heteroatoms. The van der Waals surface area contributed by atoms with Gasteiger partial charge in [-0.1, -0.05) is 23.7 Å². The summed E-state index contributed by atoms with van der Waals surface area (Å²) in [5, 5.41) is 11.4. The normalized spacial score (nSPS) is 14.5. The zero-order valence-electron chi connectivity index (χ0n) is 14.8. The molecule has 0 bridgehead atoms. The highest BCUT2D eigenvalue weighted by molar-refractivity contribution is 7.92. The van der Waals surface area contributed by atoms with E-state index in [-0.39, 0.29) is 22.2 Å². The average molecular weight is 424 g/mol. The number of sulfonamides is 1. The molecular weight excluding hydrogens is 406 g/mol. The largest absolute Gasteiger partial charge is 0.339 e. The first kappa shape index (κ1) is 20.1. The molecule has 0 spiro atoms. The Labute approximate surface area is 167 Å². The summed E-state index contributed by atoms with van der Waals surface area (Å²) >= 11 is 6.00. The number of nitro benzene ring substituents is 1. The molecule has 2 aromatic rings. The fourth-order valence-electron chi connectivity index (χ4n) is 3.09. The topological polar surface area (TPSA) is 110 Å². The van der Waals surface area contributed by atoms with Crippen LogP contribution >= 0.6 is 11.6 Å². The van der Waals surface area contributed by atoms with Crippen LogP contribution in [0.3, 0.4) is 0 Å². The minimum absolute atomic E-state index is 0.0128. The fraction of sp³-hybridized carbons (Fsp3) is 0.278. The molecule has 1 N–H and O–H groups in total.